The van der Waals surface area contributed by atoms with Gasteiger partial charge in [-0.2, -0.15) is 0 Å². The molecule has 0 aromatic heterocycles. The highest BCUT2D eigenvalue weighted by atomic mass is 16.6. The quantitative estimate of drug-likeness (QED) is 0.432. The molecule has 0 unspecified atom stereocenters. The first kappa shape index (κ1) is 17.0. The molecule has 6 heteroatoms. The van der Waals surface area contributed by atoms with Crippen LogP contribution in [0.4, 0.5) is 0 Å². The standard InChI is InChI=1S/C17H20O6/c1-4-22-15(19)17(16(20)23-5-2)12(10-18)14(17)11-8-6-7-9-13(11)21-3/h6-10,12,14H,4-5H2,1-3H3/t12-,14-/m1/s1. The van der Waals surface area contributed by atoms with Crippen LogP contribution in [0.2, 0.25) is 0 Å². The molecule has 1 aliphatic rings. The zero-order chi connectivity index (χ0) is 17.0. The van der Waals surface area contributed by atoms with E-state index in [1.165, 1.54) is 7.11 Å². The van der Waals surface area contributed by atoms with Crippen molar-refractivity contribution in [2.75, 3.05) is 20.3 Å². The van der Waals surface area contributed by atoms with Crippen LogP contribution in [0.1, 0.15) is 25.3 Å². The van der Waals surface area contributed by atoms with Crippen molar-refractivity contribution in [3.63, 3.8) is 0 Å². The van der Waals surface area contributed by atoms with E-state index in [9.17, 15) is 14.4 Å². The first-order chi connectivity index (χ1) is 11.1. The van der Waals surface area contributed by atoms with Crippen LogP contribution in [0.3, 0.4) is 0 Å². The third kappa shape index (κ3) is 2.58. The number of rotatable bonds is 7. The van der Waals surface area contributed by atoms with Gasteiger partial charge >= 0.3 is 11.9 Å². The number of hydrogen-bond donors (Lipinski definition) is 0. The summed E-state index contributed by atoms with van der Waals surface area (Å²) in [6.45, 7) is 3.52. The molecule has 0 N–H and O–H groups in total. The van der Waals surface area contributed by atoms with Crippen LogP contribution < -0.4 is 4.74 Å². The minimum atomic E-state index is -1.62. The van der Waals surface area contributed by atoms with Gasteiger partial charge in [-0.3, -0.25) is 9.59 Å². The maximum absolute atomic E-state index is 12.5. The number of esters is 2. The van der Waals surface area contributed by atoms with E-state index in [0.717, 1.165) is 0 Å². The van der Waals surface area contributed by atoms with Gasteiger partial charge in [0.1, 0.15) is 12.0 Å². The summed E-state index contributed by atoms with van der Waals surface area (Å²) in [7, 11) is 1.49. The van der Waals surface area contributed by atoms with Gasteiger partial charge in [0.15, 0.2) is 5.41 Å². The molecule has 1 aromatic carbocycles. The Morgan fingerprint density at radius 3 is 2.17 bits per heavy atom. The average Bonchev–Trinajstić information content (AvgIpc) is 3.25. The normalized spacial score (nSPS) is 21.2. The minimum Gasteiger partial charge on any atom is -0.496 e. The van der Waals surface area contributed by atoms with Gasteiger partial charge in [-0.05, 0) is 25.5 Å². The summed E-state index contributed by atoms with van der Waals surface area (Å²) in [5, 5.41) is 0. The van der Waals surface area contributed by atoms with E-state index in [2.05, 4.69) is 0 Å². The molecule has 1 aliphatic carbocycles. The zero-order valence-electron chi connectivity index (χ0n) is 13.4. The predicted octanol–water partition coefficient (Wildman–Crippen LogP) is 1.72. The summed E-state index contributed by atoms with van der Waals surface area (Å²) in [4.78, 5) is 36.5. The third-order valence-electron chi connectivity index (χ3n) is 4.11. The maximum atomic E-state index is 12.5. The van der Waals surface area contributed by atoms with Gasteiger partial charge < -0.3 is 19.0 Å². The van der Waals surface area contributed by atoms with Gasteiger partial charge in [0.05, 0.1) is 26.2 Å². The Labute approximate surface area is 134 Å². The van der Waals surface area contributed by atoms with Crippen molar-refractivity contribution < 1.29 is 28.6 Å². The van der Waals surface area contributed by atoms with Crippen LogP contribution in [0.5, 0.6) is 5.75 Å². The largest absolute Gasteiger partial charge is 0.496 e. The molecule has 0 saturated heterocycles. The van der Waals surface area contributed by atoms with Crippen molar-refractivity contribution >= 4 is 18.2 Å². The zero-order valence-corrected chi connectivity index (χ0v) is 13.4. The average molecular weight is 320 g/mol. The van der Waals surface area contributed by atoms with Gasteiger partial charge in [-0.25, -0.2) is 0 Å². The second kappa shape index (κ2) is 6.81. The molecule has 1 fully saturated rings. The molecule has 1 saturated carbocycles. The lowest BCUT2D eigenvalue weighted by molar-refractivity contribution is -0.165. The summed E-state index contributed by atoms with van der Waals surface area (Å²) in [5.74, 6) is -2.41. The first-order valence-corrected chi connectivity index (χ1v) is 7.52. The Bertz CT molecular complexity index is 591. The Balaban J connectivity index is 2.51. The molecule has 2 rings (SSSR count). The van der Waals surface area contributed by atoms with E-state index in [0.29, 0.717) is 17.6 Å². The highest BCUT2D eigenvalue weighted by molar-refractivity contribution is 6.09. The fourth-order valence-electron chi connectivity index (χ4n) is 3.07. The van der Waals surface area contributed by atoms with Gasteiger partial charge in [-0.15, -0.1) is 0 Å². The minimum absolute atomic E-state index is 0.115. The summed E-state index contributed by atoms with van der Waals surface area (Å²) in [5.41, 5.74) is -1.00. The first-order valence-electron chi connectivity index (χ1n) is 7.52. The van der Waals surface area contributed by atoms with E-state index in [1.807, 2.05) is 0 Å². The Morgan fingerprint density at radius 2 is 1.70 bits per heavy atom. The van der Waals surface area contributed by atoms with Crippen LogP contribution in [0.25, 0.3) is 0 Å². The molecule has 124 valence electrons. The summed E-state index contributed by atoms with van der Waals surface area (Å²) in [6, 6.07) is 6.99. The fraction of sp³-hybridized carbons (Fsp3) is 0.471. The number of carbonyl (C=O) groups excluding carboxylic acids is 3. The summed E-state index contributed by atoms with van der Waals surface area (Å²) in [6.07, 6.45) is 0.616. The second-order valence-corrected chi connectivity index (χ2v) is 5.19. The van der Waals surface area contributed by atoms with Crippen LogP contribution in [-0.4, -0.2) is 38.5 Å². The van der Waals surface area contributed by atoms with Crippen LogP contribution in [0.15, 0.2) is 24.3 Å². The molecule has 0 radical (unpaired) electrons. The van der Waals surface area contributed by atoms with Crippen molar-refractivity contribution in [2.45, 2.75) is 19.8 Å². The number of aldehydes is 1. The molecule has 0 bridgehead atoms. The van der Waals surface area contributed by atoms with E-state index >= 15 is 0 Å². The van der Waals surface area contributed by atoms with Crippen molar-refractivity contribution in [2.24, 2.45) is 11.3 Å². The van der Waals surface area contributed by atoms with Gasteiger partial charge in [0.2, 0.25) is 0 Å². The second-order valence-electron chi connectivity index (χ2n) is 5.19. The number of methoxy groups -OCH3 is 1. The fourth-order valence-corrected chi connectivity index (χ4v) is 3.07. The molecule has 0 heterocycles. The Kier molecular flexibility index (Phi) is 5.03. The SMILES string of the molecule is CCOC(=O)C1(C(=O)OCC)[C@H](C=O)[C@H]1c1ccccc1OC. The summed E-state index contributed by atoms with van der Waals surface area (Å²) >= 11 is 0. The predicted molar refractivity (Wildman–Crippen MR) is 81.0 cm³/mol. The van der Waals surface area contributed by atoms with Gasteiger partial charge in [0, 0.05) is 5.92 Å². The third-order valence-corrected chi connectivity index (χ3v) is 4.11. The lowest BCUT2D eigenvalue weighted by Crippen LogP contribution is -2.33. The van der Waals surface area contributed by atoms with Crippen molar-refractivity contribution in [3.05, 3.63) is 29.8 Å². The number of ether oxygens (including phenoxy) is 3. The highest BCUT2D eigenvalue weighted by Gasteiger charge is 2.77. The monoisotopic (exact) mass is 320 g/mol. The number of hydrogen-bond acceptors (Lipinski definition) is 6. The molecule has 0 amide bonds. The maximum Gasteiger partial charge on any atom is 0.324 e. The van der Waals surface area contributed by atoms with Crippen LogP contribution in [-0.2, 0) is 23.9 Å². The van der Waals surface area contributed by atoms with Crippen molar-refractivity contribution in [1.82, 2.24) is 0 Å². The molecule has 0 spiro atoms. The van der Waals surface area contributed by atoms with E-state index in [-0.39, 0.29) is 13.2 Å². The molecule has 1 aromatic rings. The Hall–Kier alpha value is -2.37. The smallest absolute Gasteiger partial charge is 0.324 e. The summed E-state index contributed by atoms with van der Waals surface area (Å²) < 4.78 is 15.4. The molecule has 0 aliphatic heterocycles. The van der Waals surface area contributed by atoms with Gasteiger partial charge in [0.25, 0.3) is 0 Å². The van der Waals surface area contributed by atoms with Crippen molar-refractivity contribution in [1.29, 1.82) is 0 Å². The lowest BCUT2D eigenvalue weighted by atomic mass is 9.98. The lowest BCUT2D eigenvalue weighted by Gasteiger charge is -2.15. The van der Waals surface area contributed by atoms with E-state index in [1.54, 1.807) is 38.1 Å². The molecular weight excluding hydrogens is 300 g/mol. The number of benzene rings is 1. The van der Waals surface area contributed by atoms with Crippen molar-refractivity contribution in [3.8, 4) is 5.75 Å². The van der Waals surface area contributed by atoms with Gasteiger partial charge in [-0.1, -0.05) is 18.2 Å². The molecule has 23 heavy (non-hydrogen) atoms. The topological polar surface area (TPSA) is 78.9 Å². The Morgan fingerprint density at radius 1 is 1.13 bits per heavy atom. The number of para-hydroxylation sites is 1. The molecule has 2 atom stereocenters. The molecular formula is C17H20O6. The van der Waals surface area contributed by atoms with Crippen LogP contribution >= 0.6 is 0 Å². The van der Waals surface area contributed by atoms with E-state index in [4.69, 9.17) is 14.2 Å². The molecule has 6 nitrogen and oxygen atoms in total. The van der Waals surface area contributed by atoms with E-state index < -0.39 is 29.2 Å². The number of carbonyl (C=O) groups is 3. The highest BCUT2D eigenvalue weighted by Crippen LogP contribution is 2.66. The van der Waals surface area contributed by atoms with Crippen LogP contribution in [0, 0.1) is 11.3 Å².